The number of amides is 2. The Morgan fingerprint density at radius 1 is 1.28 bits per heavy atom. The van der Waals surface area contributed by atoms with E-state index in [0.29, 0.717) is 6.54 Å². The van der Waals surface area contributed by atoms with Gasteiger partial charge in [0, 0.05) is 32.6 Å². The van der Waals surface area contributed by atoms with Crippen LogP contribution in [0.3, 0.4) is 0 Å². The molecule has 0 spiro atoms. The molecule has 1 N–H and O–H groups in total. The molecular weight excluding hydrogens is 316 g/mol. The van der Waals surface area contributed by atoms with Crippen LogP contribution in [0.5, 0.6) is 0 Å². The van der Waals surface area contributed by atoms with E-state index in [0.717, 1.165) is 30.4 Å². The van der Waals surface area contributed by atoms with Gasteiger partial charge in [-0.3, -0.25) is 9.59 Å². The molecule has 25 heavy (non-hydrogen) atoms. The fraction of sp³-hybridized carbons (Fsp3) is 0.500. The van der Waals surface area contributed by atoms with E-state index in [2.05, 4.69) is 0 Å². The minimum Gasteiger partial charge on any atom is -0.393 e. The van der Waals surface area contributed by atoms with Gasteiger partial charge in [-0.05, 0) is 30.0 Å². The van der Waals surface area contributed by atoms with Gasteiger partial charge in [0.1, 0.15) is 0 Å². The Morgan fingerprint density at radius 3 is 2.72 bits per heavy atom. The Balaban J connectivity index is 1.73. The Morgan fingerprint density at radius 2 is 2.04 bits per heavy atom. The monoisotopic (exact) mass is 342 g/mol. The molecule has 1 heterocycles. The highest BCUT2D eigenvalue weighted by Crippen LogP contribution is 2.33. The lowest BCUT2D eigenvalue weighted by molar-refractivity contribution is -0.134. The van der Waals surface area contributed by atoms with Gasteiger partial charge in [-0.15, -0.1) is 0 Å². The second kappa shape index (κ2) is 7.40. The highest BCUT2D eigenvalue weighted by molar-refractivity contribution is 5.81. The first-order chi connectivity index (χ1) is 12.0. The molecule has 3 unspecified atom stereocenters. The number of carbonyl (C=O) groups excluding carboxylic acids is 2. The summed E-state index contributed by atoms with van der Waals surface area (Å²) >= 11 is 0. The third-order valence-electron chi connectivity index (χ3n) is 5.39. The van der Waals surface area contributed by atoms with Crippen LogP contribution in [0, 0.1) is 5.92 Å². The number of hydrogen-bond donors (Lipinski definition) is 1. The average molecular weight is 342 g/mol. The van der Waals surface area contributed by atoms with Crippen molar-refractivity contribution in [2.45, 2.75) is 44.8 Å². The number of rotatable bonds is 4. The molecule has 134 valence electrons. The molecule has 1 aromatic rings. The van der Waals surface area contributed by atoms with Gasteiger partial charge in [0.2, 0.25) is 11.8 Å². The van der Waals surface area contributed by atoms with Gasteiger partial charge in [0.15, 0.2) is 0 Å². The van der Waals surface area contributed by atoms with Crippen molar-refractivity contribution >= 4 is 17.9 Å². The number of aliphatic hydroxyl groups excluding tert-OH is 1. The van der Waals surface area contributed by atoms with Crippen molar-refractivity contribution in [2.24, 2.45) is 5.92 Å². The molecule has 3 rings (SSSR count). The summed E-state index contributed by atoms with van der Waals surface area (Å²) in [7, 11) is 1.79. The second-order valence-electron chi connectivity index (χ2n) is 7.12. The topological polar surface area (TPSA) is 60.9 Å². The smallest absolute Gasteiger partial charge is 0.224 e. The maximum absolute atomic E-state index is 12.8. The van der Waals surface area contributed by atoms with Crippen LogP contribution in [0.2, 0.25) is 0 Å². The van der Waals surface area contributed by atoms with E-state index < -0.39 is 0 Å². The quantitative estimate of drug-likeness (QED) is 0.915. The summed E-state index contributed by atoms with van der Waals surface area (Å²) in [6, 6.07) is 7.60. The van der Waals surface area contributed by atoms with E-state index in [1.54, 1.807) is 23.0 Å². The fourth-order valence-corrected chi connectivity index (χ4v) is 3.92. The van der Waals surface area contributed by atoms with Crippen LogP contribution in [0.4, 0.5) is 0 Å². The average Bonchev–Trinajstić information content (AvgIpc) is 2.99. The maximum Gasteiger partial charge on any atom is 0.224 e. The number of aliphatic hydroxyl groups is 1. The van der Waals surface area contributed by atoms with E-state index >= 15 is 0 Å². The van der Waals surface area contributed by atoms with Crippen LogP contribution in [0.15, 0.2) is 30.5 Å². The van der Waals surface area contributed by atoms with E-state index in [4.69, 9.17) is 0 Å². The summed E-state index contributed by atoms with van der Waals surface area (Å²) in [5, 5.41) is 9.99. The Hall–Kier alpha value is -2.14. The van der Waals surface area contributed by atoms with Gasteiger partial charge in [0.05, 0.1) is 18.6 Å². The van der Waals surface area contributed by atoms with E-state index in [1.807, 2.05) is 30.3 Å². The Kier molecular flexibility index (Phi) is 5.23. The van der Waals surface area contributed by atoms with Crippen molar-refractivity contribution in [3.63, 3.8) is 0 Å². The van der Waals surface area contributed by atoms with Crippen LogP contribution in [0.25, 0.3) is 6.08 Å². The Labute approximate surface area is 148 Å². The molecule has 1 aliphatic heterocycles. The largest absolute Gasteiger partial charge is 0.393 e. The number of nitrogens with zero attached hydrogens (tertiary/aromatic N) is 2. The lowest BCUT2D eigenvalue weighted by Gasteiger charge is -2.33. The van der Waals surface area contributed by atoms with Crippen molar-refractivity contribution in [1.82, 2.24) is 9.80 Å². The van der Waals surface area contributed by atoms with Crippen molar-refractivity contribution in [1.29, 1.82) is 0 Å². The van der Waals surface area contributed by atoms with Gasteiger partial charge in [-0.2, -0.15) is 0 Å². The normalized spacial score (nSPS) is 24.9. The highest BCUT2D eigenvalue weighted by atomic mass is 16.3. The summed E-state index contributed by atoms with van der Waals surface area (Å²) in [5.74, 6) is 0.0919. The predicted molar refractivity (Wildman–Crippen MR) is 96.3 cm³/mol. The highest BCUT2D eigenvalue weighted by Gasteiger charge is 2.31. The van der Waals surface area contributed by atoms with Crippen LogP contribution in [-0.2, 0) is 9.59 Å². The lowest BCUT2D eigenvalue weighted by Crippen LogP contribution is -2.38. The van der Waals surface area contributed by atoms with Gasteiger partial charge in [-0.1, -0.05) is 30.7 Å². The standard InChI is InChI=1S/C20H26N2O3/c1-14(23)22-11-10-15-6-3-4-8-17(15)18(22)12-20(25)21(2)13-16-7-5-9-19(16)24/h3-4,6,8,10-11,16,18-19,24H,5,7,9,12-13H2,1-2H3. The van der Waals surface area contributed by atoms with Crippen LogP contribution < -0.4 is 0 Å². The molecular formula is C20H26N2O3. The molecule has 1 aromatic carbocycles. The minimum atomic E-state index is -0.303. The molecule has 1 saturated carbocycles. The second-order valence-corrected chi connectivity index (χ2v) is 7.12. The summed E-state index contributed by atoms with van der Waals surface area (Å²) in [6.07, 6.45) is 6.44. The molecule has 2 aliphatic rings. The number of hydrogen-bond acceptors (Lipinski definition) is 3. The van der Waals surface area contributed by atoms with Crippen molar-refractivity contribution < 1.29 is 14.7 Å². The maximum atomic E-state index is 12.8. The first kappa shape index (κ1) is 17.7. The van der Waals surface area contributed by atoms with Crippen LogP contribution in [0.1, 0.15) is 49.8 Å². The number of carbonyl (C=O) groups is 2. The van der Waals surface area contributed by atoms with Crippen molar-refractivity contribution in [3.8, 4) is 0 Å². The zero-order chi connectivity index (χ0) is 18.0. The van der Waals surface area contributed by atoms with Crippen LogP contribution >= 0.6 is 0 Å². The molecule has 5 heteroatoms. The summed E-state index contributed by atoms with van der Waals surface area (Å²) in [5.41, 5.74) is 2.05. The van der Waals surface area contributed by atoms with Crippen LogP contribution in [-0.4, -0.2) is 46.4 Å². The zero-order valence-electron chi connectivity index (χ0n) is 14.9. The number of benzene rings is 1. The Bertz CT molecular complexity index is 685. The van der Waals surface area contributed by atoms with Gasteiger partial charge in [0.25, 0.3) is 0 Å². The summed E-state index contributed by atoms with van der Waals surface area (Å²) < 4.78 is 0. The van der Waals surface area contributed by atoms with E-state index in [-0.39, 0.29) is 36.3 Å². The molecule has 0 bridgehead atoms. The van der Waals surface area contributed by atoms with Gasteiger partial charge in [-0.25, -0.2) is 0 Å². The first-order valence-corrected chi connectivity index (χ1v) is 8.95. The fourth-order valence-electron chi connectivity index (χ4n) is 3.92. The van der Waals surface area contributed by atoms with Crippen molar-refractivity contribution in [3.05, 3.63) is 41.6 Å². The van der Waals surface area contributed by atoms with Gasteiger partial charge < -0.3 is 14.9 Å². The molecule has 0 radical (unpaired) electrons. The van der Waals surface area contributed by atoms with E-state index in [9.17, 15) is 14.7 Å². The third kappa shape index (κ3) is 3.76. The number of fused-ring (bicyclic) bond motifs is 1. The molecule has 1 fully saturated rings. The summed E-state index contributed by atoms with van der Waals surface area (Å²) in [6.45, 7) is 2.10. The lowest BCUT2D eigenvalue weighted by atomic mass is 9.93. The van der Waals surface area contributed by atoms with Gasteiger partial charge >= 0.3 is 0 Å². The van der Waals surface area contributed by atoms with Crippen molar-refractivity contribution in [2.75, 3.05) is 13.6 Å². The molecule has 3 atom stereocenters. The third-order valence-corrected chi connectivity index (χ3v) is 5.39. The molecule has 0 aromatic heterocycles. The minimum absolute atomic E-state index is 0.000420. The predicted octanol–water partition coefficient (Wildman–Crippen LogP) is 2.57. The molecule has 1 aliphatic carbocycles. The first-order valence-electron chi connectivity index (χ1n) is 8.95. The SMILES string of the molecule is CC(=O)N1C=Cc2ccccc2C1CC(=O)N(C)CC1CCCC1O. The molecule has 2 amide bonds. The zero-order valence-corrected chi connectivity index (χ0v) is 14.9. The van der Waals surface area contributed by atoms with E-state index in [1.165, 1.54) is 6.92 Å². The summed E-state index contributed by atoms with van der Waals surface area (Å²) in [4.78, 5) is 28.1. The molecule has 5 nitrogen and oxygen atoms in total. The molecule has 0 saturated heterocycles.